The fourth-order valence-electron chi connectivity index (χ4n) is 3.38. The van der Waals surface area contributed by atoms with Gasteiger partial charge in [-0.15, -0.1) is 0 Å². The molecule has 3 rings (SSSR count). The van der Waals surface area contributed by atoms with Crippen LogP contribution >= 0.6 is 15.9 Å². The molecule has 1 N–H and O–H groups in total. The van der Waals surface area contributed by atoms with Crippen molar-refractivity contribution in [2.45, 2.75) is 45.1 Å². The highest BCUT2D eigenvalue weighted by molar-refractivity contribution is 9.10. The zero-order chi connectivity index (χ0) is 13.2. The fourth-order valence-corrected chi connectivity index (χ4v) is 3.94. The first-order valence-corrected chi connectivity index (χ1v) is 8.23. The van der Waals surface area contributed by atoms with E-state index in [-0.39, 0.29) is 0 Å². The topological polar surface area (TPSA) is 21.3 Å². The molecule has 2 nitrogen and oxygen atoms in total. The van der Waals surface area contributed by atoms with Crippen LogP contribution in [0.5, 0.6) is 5.75 Å². The Labute approximate surface area is 124 Å². The molecule has 0 amide bonds. The predicted molar refractivity (Wildman–Crippen MR) is 81.9 cm³/mol. The molecule has 3 heteroatoms. The van der Waals surface area contributed by atoms with Crippen molar-refractivity contribution in [3.63, 3.8) is 0 Å². The molecular formula is C16H22BrNO. The number of nitrogens with one attached hydrogen (secondary N) is 1. The summed E-state index contributed by atoms with van der Waals surface area (Å²) in [7, 11) is 0. The maximum absolute atomic E-state index is 5.83. The van der Waals surface area contributed by atoms with Crippen molar-refractivity contribution >= 4 is 15.9 Å². The summed E-state index contributed by atoms with van der Waals surface area (Å²) in [6, 6.07) is 5.05. The average Bonchev–Trinajstić information content (AvgIpc) is 2.87. The Balaban J connectivity index is 1.76. The van der Waals surface area contributed by atoms with E-state index in [1.807, 2.05) is 0 Å². The van der Waals surface area contributed by atoms with Gasteiger partial charge in [0.1, 0.15) is 5.75 Å². The largest absolute Gasteiger partial charge is 0.493 e. The van der Waals surface area contributed by atoms with Gasteiger partial charge < -0.3 is 10.1 Å². The summed E-state index contributed by atoms with van der Waals surface area (Å²) in [6.45, 7) is 4.32. The van der Waals surface area contributed by atoms with Gasteiger partial charge >= 0.3 is 0 Å². The average molecular weight is 324 g/mol. The molecule has 1 aromatic carbocycles. The molecule has 0 spiro atoms. The van der Waals surface area contributed by atoms with Gasteiger partial charge in [0.25, 0.3) is 0 Å². The number of benzene rings is 1. The summed E-state index contributed by atoms with van der Waals surface area (Å²) in [6.07, 6.45) is 6.10. The highest BCUT2D eigenvalue weighted by Gasteiger charge is 2.24. The Hall–Kier alpha value is -0.540. The van der Waals surface area contributed by atoms with Crippen molar-refractivity contribution in [2.75, 3.05) is 13.2 Å². The maximum Gasteiger partial charge on any atom is 0.125 e. The van der Waals surface area contributed by atoms with Gasteiger partial charge in [-0.1, -0.05) is 29.3 Å². The standard InChI is InChI=1S/C16H22BrNO/c1-2-11-3-5-18-15(7-11)10-13-9-14(17)8-12-4-6-19-16(12)13/h8-9,11,15,18H,2-7,10H2,1H3. The van der Waals surface area contributed by atoms with E-state index >= 15 is 0 Å². The number of rotatable bonds is 3. The van der Waals surface area contributed by atoms with Crippen LogP contribution in [0, 0.1) is 5.92 Å². The van der Waals surface area contributed by atoms with Gasteiger partial charge in [-0.2, -0.15) is 0 Å². The SMILES string of the molecule is CCC1CCNC(Cc2cc(Br)cc3c2OCC3)C1. The smallest absolute Gasteiger partial charge is 0.125 e. The van der Waals surface area contributed by atoms with Gasteiger partial charge in [0, 0.05) is 16.9 Å². The molecule has 2 aliphatic heterocycles. The van der Waals surface area contributed by atoms with Gasteiger partial charge in [0.05, 0.1) is 6.61 Å². The van der Waals surface area contributed by atoms with Gasteiger partial charge in [-0.05, 0) is 55.0 Å². The van der Waals surface area contributed by atoms with Crippen LogP contribution in [-0.2, 0) is 12.8 Å². The summed E-state index contributed by atoms with van der Waals surface area (Å²) >= 11 is 3.63. The second kappa shape index (κ2) is 5.84. The molecule has 1 saturated heterocycles. The summed E-state index contributed by atoms with van der Waals surface area (Å²) in [5.74, 6) is 2.05. The molecule has 2 heterocycles. The maximum atomic E-state index is 5.83. The van der Waals surface area contributed by atoms with Crippen LogP contribution in [0.25, 0.3) is 0 Å². The molecule has 19 heavy (non-hydrogen) atoms. The fraction of sp³-hybridized carbons (Fsp3) is 0.625. The van der Waals surface area contributed by atoms with Crippen molar-refractivity contribution in [3.8, 4) is 5.75 Å². The van der Waals surface area contributed by atoms with Crippen molar-refractivity contribution in [3.05, 3.63) is 27.7 Å². The summed E-state index contributed by atoms with van der Waals surface area (Å²) in [5.41, 5.74) is 2.74. The number of hydrogen-bond acceptors (Lipinski definition) is 2. The summed E-state index contributed by atoms with van der Waals surface area (Å²) in [4.78, 5) is 0. The highest BCUT2D eigenvalue weighted by atomic mass is 79.9. The number of hydrogen-bond donors (Lipinski definition) is 1. The number of ether oxygens (including phenoxy) is 1. The molecule has 2 unspecified atom stereocenters. The molecular weight excluding hydrogens is 302 g/mol. The molecule has 1 aromatic rings. The van der Waals surface area contributed by atoms with Crippen LogP contribution in [0.3, 0.4) is 0 Å². The quantitative estimate of drug-likeness (QED) is 0.915. The lowest BCUT2D eigenvalue weighted by atomic mass is 9.87. The van der Waals surface area contributed by atoms with Crippen LogP contribution < -0.4 is 10.1 Å². The van der Waals surface area contributed by atoms with Crippen LogP contribution in [0.15, 0.2) is 16.6 Å². The van der Waals surface area contributed by atoms with Gasteiger partial charge in [0.2, 0.25) is 0 Å². The second-order valence-electron chi connectivity index (χ2n) is 5.81. The first-order chi connectivity index (χ1) is 9.26. The zero-order valence-corrected chi connectivity index (χ0v) is 13.1. The number of halogens is 1. The van der Waals surface area contributed by atoms with E-state index in [1.165, 1.54) is 41.4 Å². The predicted octanol–water partition coefficient (Wildman–Crippen LogP) is 3.70. The lowest BCUT2D eigenvalue weighted by Crippen LogP contribution is -2.39. The van der Waals surface area contributed by atoms with Gasteiger partial charge in [0.15, 0.2) is 0 Å². The third-order valence-corrected chi connectivity index (χ3v) is 4.93. The Bertz CT molecular complexity index is 460. The molecule has 0 saturated carbocycles. The van der Waals surface area contributed by atoms with E-state index in [0.717, 1.165) is 31.1 Å². The lowest BCUT2D eigenvalue weighted by molar-refractivity contribution is 0.290. The first kappa shape index (κ1) is 13.4. The van der Waals surface area contributed by atoms with Gasteiger partial charge in [-0.25, -0.2) is 0 Å². The molecule has 104 valence electrons. The molecule has 0 aromatic heterocycles. The molecule has 2 atom stereocenters. The molecule has 1 fully saturated rings. The minimum Gasteiger partial charge on any atom is -0.493 e. The van der Waals surface area contributed by atoms with Crippen LogP contribution in [0.4, 0.5) is 0 Å². The van der Waals surface area contributed by atoms with Crippen LogP contribution in [0.2, 0.25) is 0 Å². The Kier molecular flexibility index (Phi) is 4.13. The monoisotopic (exact) mass is 323 g/mol. The van der Waals surface area contributed by atoms with E-state index in [9.17, 15) is 0 Å². The molecule has 0 bridgehead atoms. The van der Waals surface area contributed by atoms with Crippen molar-refractivity contribution in [1.29, 1.82) is 0 Å². The number of fused-ring (bicyclic) bond motifs is 1. The van der Waals surface area contributed by atoms with E-state index in [2.05, 4.69) is 40.3 Å². The highest BCUT2D eigenvalue weighted by Crippen LogP contribution is 2.34. The minimum absolute atomic E-state index is 0.612. The molecule has 2 aliphatic rings. The van der Waals surface area contributed by atoms with Crippen molar-refractivity contribution in [1.82, 2.24) is 5.32 Å². The normalized spacial score (nSPS) is 26.0. The summed E-state index contributed by atoms with van der Waals surface area (Å²) in [5, 5.41) is 3.67. The van der Waals surface area contributed by atoms with Crippen LogP contribution in [-0.4, -0.2) is 19.2 Å². The Morgan fingerprint density at radius 3 is 3.16 bits per heavy atom. The molecule has 0 aliphatic carbocycles. The van der Waals surface area contributed by atoms with E-state index < -0.39 is 0 Å². The number of piperidine rings is 1. The summed E-state index contributed by atoms with van der Waals surface area (Å²) < 4.78 is 7.02. The lowest BCUT2D eigenvalue weighted by Gasteiger charge is -2.30. The first-order valence-electron chi connectivity index (χ1n) is 7.43. The molecule has 0 radical (unpaired) electrons. The third-order valence-electron chi connectivity index (χ3n) is 4.47. The third kappa shape index (κ3) is 2.97. The van der Waals surface area contributed by atoms with E-state index in [4.69, 9.17) is 4.74 Å². The van der Waals surface area contributed by atoms with Crippen molar-refractivity contribution < 1.29 is 4.74 Å². The Morgan fingerprint density at radius 1 is 1.42 bits per heavy atom. The van der Waals surface area contributed by atoms with E-state index in [1.54, 1.807) is 0 Å². The van der Waals surface area contributed by atoms with E-state index in [0.29, 0.717) is 6.04 Å². The van der Waals surface area contributed by atoms with Crippen molar-refractivity contribution in [2.24, 2.45) is 5.92 Å². The minimum atomic E-state index is 0.612. The van der Waals surface area contributed by atoms with Gasteiger partial charge in [-0.3, -0.25) is 0 Å². The Morgan fingerprint density at radius 2 is 2.32 bits per heavy atom. The second-order valence-corrected chi connectivity index (χ2v) is 6.72. The zero-order valence-electron chi connectivity index (χ0n) is 11.5. The van der Waals surface area contributed by atoms with Crippen LogP contribution in [0.1, 0.15) is 37.3 Å².